The molecule has 1 aliphatic carbocycles. The van der Waals surface area contributed by atoms with Gasteiger partial charge in [0.2, 0.25) is 5.91 Å². The molecular formula is C21H23N3O3. The molecule has 2 aromatic rings. The summed E-state index contributed by atoms with van der Waals surface area (Å²) in [4.78, 5) is 24.3. The minimum absolute atomic E-state index is 0.112. The average molecular weight is 365 g/mol. The number of ether oxygens (including phenoxy) is 1. The van der Waals surface area contributed by atoms with E-state index < -0.39 is 12.1 Å². The molecule has 2 atom stereocenters. The van der Waals surface area contributed by atoms with Crippen LogP contribution in [0.15, 0.2) is 36.4 Å². The Hall–Kier alpha value is -3.02. The molecule has 2 amide bonds. The molecule has 0 saturated heterocycles. The number of carbonyl (C=O) groups excluding carboxylic acids is 2. The van der Waals surface area contributed by atoms with Crippen molar-refractivity contribution >= 4 is 28.9 Å². The Kier molecular flexibility index (Phi) is 4.48. The highest BCUT2D eigenvalue weighted by Gasteiger charge is 2.24. The van der Waals surface area contributed by atoms with Crippen molar-refractivity contribution in [2.24, 2.45) is 0 Å². The number of nitrogens with one attached hydrogen (secondary N) is 3. The smallest absolute Gasteiger partial charge is 0.265 e. The van der Waals surface area contributed by atoms with Gasteiger partial charge in [-0.2, -0.15) is 0 Å². The van der Waals surface area contributed by atoms with Gasteiger partial charge in [-0.3, -0.25) is 9.59 Å². The molecule has 1 aliphatic heterocycles. The van der Waals surface area contributed by atoms with E-state index in [1.54, 1.807) is 26.0 Å². The molecule has 6 nitrogen and oxygen atoms in total. The quantitative estimate of drug-likeness (QED) is 0.776. The summed E-state index contributed by atoms with van der Waals surface area (Å²) >= 11 is 0. The lowest BCUT2D eigenvalue weighted by Crippen LogP contribution is -2.34. The molecular weight excluding hydrogens is 342 g/mol. The molecule has 2 aliphatic rings. The Balaban J connectivity index is 1.41. The summed E-state index contributed by atoms with van der Waals surface area (Å²) in [6.07, 6.45) is 2.88. The van der Waals surface area contributed by atoms with Crippen LogP contribution in [0.3, 0.4) is 0 Å². The van der Waals surface area contributed by atoms with E-state index in [0.717, 1.165) is 24.2 Å². The van der Waals surface area contributed by atoms with Gasteiger partial charge in [0, 0.05) is 11.4 Å². The van der Waals surface area contributed by atoms with Crippen molar-refractivity contribution in [3.05, 3.63) is 47.5 Å². The summed E-state index contributed by atoms with van der Waals surface area (Å²) in [5.41, 5.74) is 4.88. The molecule has 2 aromatic carbocycles. The van der Waals surface area contributed by atoms with E-state index >= 15 is 0 Å². The van der Waals surface area contributed by atoms with Crippen molar-refractivity contribution < 1.29 is 14.3 Å². The first-order valence-corrected chi connectivity index (χ1v) is 9.30. The minimum Gasteiger partial charge on any atom is -0.479 e. The maximum absolute atomic E-state index is 12.5. The number of benzene rings is 2. The fraction of sp³-hybridized carbons (Fsp3) is 0.333. The van der Waals surface area contributed by atoms with Gasteiger partial charge in [-0.1, -0.05) is 6.07 Å². The molecule has 4 rings (SSSR count). The van der Waals surface area contributed by atoms with Crippen molar-refractivity contribution in [2.45, 2.75) is 45.3 Å². The maximum Gasteiger partial charge on any atom is 0.265 e. The number of amides is 2. The predicted octanol–water partition coefficient (Wildman–Crippen LogP) is 3.33. The van der Waals surface area contributed by atoms with E-state index in [0.29, 0.717) is 11.4 Å². The second-order valence-electron chi connectivity index (χ2n) is 7.15. The maximum atomic E-state index is 12.5. The summed E-state index contributed by atoms with van der Waals surface area (Å²) in [5.74, 6) is 0.338. The van der Waals surface area contributed by atoms with Crippen LogP contribution in [-0.2, 0) is 22.4 Å². The molecule has 0 fully saturated rings. The van der Waals surface area contributed by atoms with Gasteiger partial charge in [0.05, 0.1) is 5.69 Å². The third kappa shape index (κ3) is 3.60. The van der Waals surface area contributed by atoms with Crippen molar-refractivity contribution in [1.29, 1.82) is 0 Å². The number of fused-ring (bicyclic) bond motifs is 2. The lowest BCUT2D eigenvalue weighted by Gasteiger charge is -2.24. The number of carbonyl (C=O) groups is 2. The number of hydrogen-bond donors (Lipinski definition) is 3. The fourth-order valence-electron chi connectivity index (χ4n) is 3.51. The van der Waals surface area contributed by atoms with Crippen LogP contribution in [0, 0.1) is 0 Å². The summed E-state index contributed by atoms with van der Waals surface area (Å²) < 4.78 is 5.55. The number of rotatable bonds is 4. The van der Waals surface area contributed by atoms with Crippen LogP contribution in [0.5, 0.6) is 5.75 Å². The SMILES string of the molecule is C[C@@H]1Oc2ccc(N[C@H](C)C(=O)Nc3ccc4c(c3)CCC4)cc2NC1=O. The molecule has 0 saturated carbocycles. The first-order valence-electron chi connectivity index (χ1n) is 9.30. The third-order valence-electron chi connectivity index (χ3n) is 5.05. The molecule has 6 heteroatoms. The summed E-state index contributed by atoms with van der Waals surface area (Å²) in [6, 6.07) is 11.1. The molecule has 0 unspecified atom stereocenters. The van der Waals surface area contributed by atoms with Gasteiger partial charge in [-0.05, 0) is 74.6 Å². The minimum atomic E-state index is -0.506. The Labute approximate surface area is 158 Å². The largest absolute Gasteiger partial charge is 0.479 e. The van der Waals surface area contributed by atoms with Gasteiger partial charge in [0.1, 0.15) is 11.8 Å². The van der Waals surface area contributed by atoms with E-state index in [-0.39, 0.29) is 11.8 Å². The summed E-state index contributed by atoms with van der Waals surface area (Å²) in [5, 5.41) is 8.95. The van der Waals surface area contributed by atoms with Crippen molar-refractivity contribution in [2.75, 3.05) is 16.0 Å². The van der Waals surface area contributed by atoms with E-state index in [1.807, 2.05) is 12.1 Å². The zero-order valence-corrected chi connectivity index (χ0v) is 15.5. The average Bonchev–Trinajstić information content (AvgIpc) is 3.10. The summed E-state index contributed by atoms with van der Waals surface area (Å²) in [6.45, 7) is 3.51. The van der Waals surface area contributed by atoms with Crippen molar-refractivity contribution in [1.82, 2.24) is 0 Å². The van der Waals surface area contributed by atoms with Crippen LogP contribution >= 0.6 is 0 Å². The van der Waals surface area contributed by atoms with Gasteiger partial charge in [0.25, 0.3) is 5.91 Å². The summed E-state index contributed by atoms with van der Waals surface area (Å²) in [7, 11) is 0. The van der Waals surface area contributed by atoms with Gasteiger partial charge >= 0.3 is 0 Å². The Morgan fingerprint density at radius 1 is 1.15 bits per heavy atom. The normalized spacial score (nSPS) is 18.6. The molecule has 1 heterocycles. The third-order valence-corrected chi connectivity index (χ3v) is 5.05. The van der Waals surface area contributed by atoms with Gasteiger partial charge in [-0.15, -0.1) is 0 Å². The second-order valence-corrected chi connectivity index (χ2v) is 7.15. The van der Waals surface area contributed by atoms with E-state index in [1.165, 1.54) is 17.5 Å². The van der Waals surface area contributed by atoms with Crippen molar-refractivity contribution in [3.63, 3.8) is 0 Å². The van der Waals surface area contributed by atoms with Gasteiger partial charge in [-0.25, -0.2) is 0 Å². The number of hydrogen-bond acceptors (Lipinski definition) is 4. The van der Waals surface area contributed by atoms with E-state index in [4.69, 9.17) is 4.74 Å². The van der Waals surface area contributed by atoms with Crippen LogP contribution in [0.1, 0.15) is 31.4 Å². The molecule has 0 spiro atoms. The first kappa shape index (κ1) is 17.4. The van der Waals surface area contributed by atoms with Crippen LogP contribution in [0.2, 0.25) is 0 Å². The second kappa shape index (κ2) is 6.95. The molecule has 0 aromatic heterocycles. The highest BCUT2D eigenvalue weighted by Crippen LogP contribution is 2.32. The van der Waals surface area contributed by atoms with Gasteiger partial charge < -0.3 is 20.7 Å². The molecule has 3 N–H and O–H groups in total. The van der Waals surface area contributed by atoms with E-state index in [2.05, 4.69) is 28.1 Å². The van der Waals surface area contributed by atoms with E-state index in [9.17, 15) is 9.59 Å². The molecule has 0 bridgehead atoms. The molecule has 27 heavy (non-hydrogen) atoms. The van der Waals surface area contributed by atoms with Crippen LogP contribution in [-0.4, -0.2) is 24.0 Å². The van der Waals surface area contributed by atoms with Crippen molar-refractivity contribution in [3.8, 4) is 5.75 Å². The first-order chi connectivity index (χ1) is 13.0. The molecule has 140 valence electrons. The zero-order chi connectivity index (χ0) is 19.0. The van der Waals surface area contributed by atoms with Crippen LogP contribution in [0.4, 0.5) is 17.1 Å². The highest BCUT2D eigenvalue weighted by molar-refractivity contribution is 5.99. The number of anilines is 3. The number of aryl methyl sites for hydroxylation is 2. The van der Waals surface area contributed by atoms with Crippen LogP contribution in [0.25, 0.3) is 0 Å². The predicted molar refractivity (Wildman–Crippen MR) is 105 cm³/mol. The molecule has 0 radical (unpaired) electrons. The monoisotopic (exact) mass is 365 g/mol. The fourth-order valence-corrected chi connectivity index (χ4v) is 3.51. The Morgan fingerprint density at radius 2 is 1.93 bits per heavy atom. The highest BCUT2D eigenvalue weighted by atomic mass is 16.5. The zero-order valence-electron chi connectivity index (χ0n) is 15.5. The standard InChI is InChI=1S/C21H23N3O3/c1-12(20(25)23-16-7-6-14-4-3-5-15(14)10-16)22-17-8-9-19-18(11-17)24-21(26)13(2)27-19/h6-13,22H,3-5H2,1-2H3,(H,23,25)(H,24,26)/t12-,13+/m1/s1. The topological polar surface area (TPSA) is 79.5 Å². The Morgan fingerprint density at radius 3 is 2.78 bits per heavy atom. The Bertz CT molecular complexity index is 910. The lowest BCUT2D eigenvalue weighted by atomic mass is 10.1. The van der Waals surface area contributed by atoms with Crippen LogP contribution < -0.4 is 20.7 Å². The lowest BCUT2D eigenvalue weighted by molar-refractivity contribution is -0.122. The van der Waals surface area contributed by atoms with Gasteiger partial charge in [0.15, 0.2) is 6.10 Å².